The van der Waals surface area contributed by atoms with Crippen molar-refractivity contribution in [3.63, 3.8) is 0 Å². The SMILES string of the molecule is CCCCC/C=C\C/C=C\CCCCCCCCC1(CCCCCCCC/C=C\C/C=C\CCCCC)OCC(CCN(CC)Cc2ccncc2)O1. The number of pyridine rings is 1. The lowest BCUT2D eigenvalue weighted by atomic mass is 9.98. The van der Waals surface area contributed by atoms with Gasteiger partial charge in [0.2, 0.25) is 0 Å². The lowest BCUT2D eigenvalue weighted by Gasteiger charge is -2.29. The lowest BCUT2D eigenvalue weighted by molar-refractivity contribution is -0.180. The van der Waals surface area contributed by atoms with Gasteiger partial charge in [-0.25, -0.2) is 0 Å². The van der Waals surface area contributed by atoms with E-state index in [2.05, 4.69) is 91.4 Å². The maximum atomic E-state index is 6.86. The van der Waals surface area contributed by atoms with Crippen molar-refractivity contribution in [1.29, 1.82) is 0 Å². The highest BCUT2D eigenvalue weighted by Crippen LogP contribution is 2.36. The van der Waals surface area contributed by atoms with E-state index in [9.17, 15) is 0 Å². The highest BCUT2D eigenvalue weighted by molar-refractivity contribution is 5.09. The second kappa shape index (κ2) is 34.5. The average molecular weight is 733 g/mol. The van der Waals surface area contributed by atoms with Crippen LogP contribution in [0.1, 0.15) is 200 Å². The maximum Gasteiger partial charge on any atom is 0.168 e. The van der Waals surface area contributed by atoms with Gasteiger partial charge in [-0.05, 0) is 108 Å². The molecule has 53 heavy (non-hydrogen) atoms. The molecule has 0 N–H and O–H groups in total. The number of unbranched alkanes of at least 4 members (excludes halogenated alkanes) is 18. The second-order valence-corrected chi connectivity index (χ2v) is 15.6. The smallest absolute Gasteiger partial charge is 0.168 e. The number of allylic oxidation sites excluding steroid dienone is 8. The third kappa shape index (κ3) is 26.4. The zero-order valence-electron chi connectivity index (χ0n) is 35.1. The zero-order chi connectivity index (χ0) is 37.8. The van der Waals surface area contributed by atoms with Gasteiger partial charge in [0.05, 0.1) is 12.7 Å². The van der Waals surface area contributed by atoms with E-state index < -0.39 is 0 Å². The van der Waals surface area contributed by atoms with Gasteiger partial charge in [-0.3, -0.25) is 9.88 Å². The number of rotatable bonds is 36. The minimum absolute atomic E-state index is 0.204. The Hall–Kier alpha value is -2.01. The van der Waals surface area contributed by atoms with Crippen LogP contribution in [0.4, 0.5) is 0 Å². The van der Waals surface area contributed by atoms with Gasteiger partial charge in [0.15, 0.2) is 5.79 Å². The molecule has 1 aliphatic heterocycles. The van der Waals surface area contributed by atoms with Gasteiger partial charge < -0.3 is 9.47 Å². The summed E-state index contributed by atoms with van der Waals surface area (Å²) >= 11 is 0. The van der Waals surface area contributed by atoms with Crippen molar-refractivity contribution in [3.05, 3.63) is 78.7 Å². The van der Waals surface area contributed by atoms with Crippen LogP contribution in [0.3, 0.4) is 0 Å². The topological polar surface area (TPSA) is 34.6 Å². The quantitative estimate of drug-likeness (QED) is 0.0508. The molecule has 1 atom stereocenters. The van der Waals surface area contributed by atoms with Crippen molar-refractivity contribution in [3.8, 4) is 0 Å². The van der Waals surface area contributed by atoms with E-state index in [1.165, 1.54) is 147 Å². The summed E-state index contributed by atoms with van der Waals surface area (Å²) in [4.78, 5) is 6.70. The zero-order valence-corrected chi connectivity index (χ0v) is 35.1. The van der Waals surface area contributed by atoms with E-state index in [0.29, 0.717) is 0 Å². The minimum Gasteiger partial charge on any atom is -0.347 e. The Morgan fingerprint density at radius 1 is 0.604 bits per heavy atom. The van der Waals surface area contributed by atoms with Crippen molar-refractivity contribution in [2.75, 3.05) is 19.7 Å². The second-order valence-electron chi connectivity index (χ2n) is 15.6. The Kier molecular flexibility index (Phi) is 30.7. The highest BCUT2D eigenvalue weighted by Gasteiger charge is 2.40. The first-order valence-electron chi connectivity index (χ1n) is 22.7. The van der Waals surface area contributed by atoms with Gasteiger partial charge in [0, 0.05) is 38.3 Å². The van der Waals surface area contributed by atoms with Gasteiger partial charge in [-0.1, -0.05) is 146 Å². The molecule has 0 radical (unpaired) electrons. The van der Waals surface area contributed by atoms with Gasteiger partial charge in [-0.2, -0.15) is 0 Å². The summed E-state index contributed by atoms with van der Waals surface area (Å²) in [6.07, 6.45) is 56.8. The summed E-state index contributed by atoms with van der Waals surface area (Å²) in [6, 6.07) is 4.26. The molecule has 4 nitrogen and oxygen atoms in total. The van der Waals surface area contributed by atoms with Crippen molar-refractivity contribution in [2.24, 2.45) is 0 Å². The molecule has 0 amide bonds. The van der Waals surface area contributed by atoms with Gasteiger partial charge in [0.25, 0.3) is 0 Å². The molecule has 1 unspecified atom stereocenters. The summed E-state index contributed by atoms with van der Waals surface area (Å²) in [5, 5.41) is 0. The van der Waals surface area contributed by atoms with Crippen LogP contribution in [-0.4, -0.2) is 41.5 Å². The van der Waals surface area contributed by atoms with Crippen LogP contribution in [-0.2, 0) is 16.0 Å². The summed E-state index contributed by atoms with van der Waals surface area (Å²) in [7, 11) is 0. The van der Waals surface area contributed by atoms with Crippen molar-refractivity contribution in [1.82, 2.24) is 9.88 Å². The average Bonchev–Trinajstić information content (AvgIpc) is 3.59. The van der Waals surface area contributed by atoms with Crippen LogP contribution in [0.5, 0.6) is 0 Å². The van der Waals surface area contributed by atoms with Crippen molar-refractivity contribution in [2.45, 2.75) is 213 Å². The van der Waals surface area contributed by atoms with Crippen LogP contribution in [0.2, 0.25) is 0 Å². The lowest BCUT2D eigenvalue weighted by Crippen LogP contribution is -2.32. The summed E-state index contributed by atoms with van der Waals surface area (Å²) < 4.78 is 13.5. The predicted molar refractivity (Wildman–Crippen MR) is 231 cm³/mol. The minimum atomic E-state index is -0.364. The van der Waals surface area contributed by atoms with Crippen molar-refractivity contribution < 1.29 is 9.47 Å². The first-order valence-corrected chi connectivity index (χ1v) is 22.7. The predicted octanol–water partition coefficient (Wildman–Crippen LogP) is 14.8. The number of hydrogen-bond donors (Lipinski definition) is 0. The van der Waals surface area contributed by atoms with E-state index in [-0.39, 0.29) is 11.9 Å². The monoisotopic (exact) mass is 733 g/mol. The Labute approximate surface area is 329 Å². The van der Waals surface area contributed by atoms with Crippen LogP contribution >= 0.6 is 0 Å². The van der Waals surface area contributed by atoms with Crippen LogP contribution in [0.15, 0.2) is 73.1 Å². The van der Waals surface area contributed by atoms with Gasteiger partial charge >= 0.3 is 0 Å². The molecule has 0 aliphatic carbocycles. The number of ether oxygens (including phenoxy) is 2. The molecule has 0 saturated carbocycles. The Morgan fingerprint density at radius 2 is 1.06 bits per heavy atom. The standard InChI is InChI=1S/C49H84N2O2/c1-4-7-9-11-13-15-17-19-21-23-25-27-29-31-33-35-40-49(41-36-34-32-30-28-26-24-22-20-18-16-14-12-10-8-5-2)52-46-48(53-49)39-44-51(6-3)45-47-37-42-50-43-38-47/h13-16,19-22,37-38,42-43,48H,4-12,17-18,23-36,39-41,44-46H2,1-3H3/b15-13-,16-14-,21-19-,22-20-. The maximum absolute atomic E-state index is 6.86. The molecule has 0 spiro atoms. The fourth-order valence-electron chi connectivity index (χ4n) is 7.33. The highest BCUT2D eigenvalue weighted by atomic mass is 16.7. The van der Waals surface area contributed by atoms with Gasteiger partial charge in [0.1, 0.15) is 0 Å². The van der Waals surface area contributed by atoms with Crippen LogP contribution < -0.4 is 0 Å². The number of aromatic nitrogens is 1. The Balaban J connectivity index is 1.65. The first kappa shape index (κ1) is 47.1. The van der Waals surface area contributed by atoms with E-state index in [1.54, 1.807) is 0 Å². The molecular weight excluding hydrogens is 649 g/mol. The molecule has 2 rings (SSSR count). The van der Waals surface area contributed by atoms with E-state index in [1.807, 2.05) is 12.4 Å². The largest absolute Gasteiger partial charge is 0.347 e. The first-order chi connectivity index (χ1) is 26.2. The van der Waals surface area contributed by atoms with E-state index in [0.717, 1.165) is 58.3 Å². The van der Waals surface area contributed by atoms with Crippen molar-refractivity contribution >= 4 is 0 Å². The Morgan fingerprint density at radius 3 is 1.53 bits per heavy atom. The summed E-state index contributed by atoms with van der Waals surface area (Å²) in [6.45, 7) is 10.6. The molecule has 302 valence electrons. The molecule has 1 saturated heterocycles. The summed E-state index contributed by atoms with van der Waals surface area (Å²) in [5.41, 5.74) is 1.33. The fraction of sp³-hybridized carbons (Fsp3) is 0.735. The Bertz CT molecular complexity index is 1000. The fourth-order valence-corrected chi connectivity index (χ4v) is 7.33. The molecular formula is C49H84N2O2. The molecule has 0 aromatic carbocycles. The molecule has 4 heteroatoms. The normalized spacial score (nSPS) is 16.2. The van der Waals surface area contributed by atoms with E-state index in [4.69, 9.17) is 9.47 Å². The third-order valence-electron chi connectivity index (χ3n) is 10.8. The van der Waals surface area contributed by atoms with Gasteiger partial charge in [-0.15, -0.1) is 0 Å². The van der Waals surface area contributed by atoms with E-state index >= 15 is 0 Å². The molecule has 1 aromatic heterocycles. The molecule has 1 aliphatic rings. The molecule has 2 heterocycles. The van der Waals surface area contributed by atoms with Crippen LogP contribution in [0.25, 0.3) is 0 Å². The third-order valence-corrected chi connectivity index (χ3v) is 10.8. The number of hydrogen-bond acceptors (Lipinski definition) is 4. The number of nitrogens with zero attached hydrogens (tertiary/aromatic N) is 2. The summed E-state index contributed by atoms with van der Waals surface area (Å²) in [5.74, 6) is -0.364. The molecule has 1 fully saturated rings. The molecule has 1 aromatic rings. The van der Waals surface area contributed by atoms with Crippen LogP contribution in [0, 0.1) is 0 Å². The molecule has 0 bridgehead atoms.